The summed E-state index contributed by atoms with van der Waals surface area (Å²) in [5.74, 6) is 7.47. The Hall–Kier alpha value is -0.810. The molecule has 17 heavy (non-hydrogen) atoms. The molecular weight excluding hydrogens is 216 g/mol. The van der Waals surface area contributed by atoms with Gasteiger partial charge >= 0.3 is 0 Å². The Labute approximate surface area is 103 Å². The van der Waals surface area contributed by atoms with E-state index in [2.05, 4.69) is 29.6 Å². The lowest BCUT2D eigenvalue weighted by atomic mass is 10.1. The highest BCUT2D eigenvalue weighted by Gasteiger charge is 2.40. The van der Waals surface area contributed by atoms with Crippen LogP contribution < -0.4 is 16.6 Å². The SMILES string of the molecule is CC(C)CN=C(NN)NC1CCOC1C1CC1. The number of nitrogens with one attached hydrogen (secondary N) is 2. The van der Waals surface area contributed by atoms with Gasteiger partial charge in [-0.05, 0) is 31.1 Å². The molecule has 5 heteroatoms. The highest BCUT2D eigenvalue weighted by Crippen LogP contribution is 2.38. The molecule has 0 amide bonds. The van der Waals surface area contributed by atoms with Crippen molar-refractivity contribution in [3.8, 4) is 0 Å². The van der Waals surface area contributed by atoms with Crippen molar-refractivity contribution in [3.63, 3.8) is 0 Å². The van der Waals surface area contributed by atoms with Crippen LogP contribution in [0.4, 0.5) is 0 Å². The molecule has 2 aliphatic rings. The highest BCUT2D eigenvalue weighted by atomic mass is 16.5. The van der Waals surface area contributed by atoms with Crippen molar-refractivity contribution in [3.05, 3.63) is 0 Å². The summed E-state index contributed by atoms with van der Waals surface area (Å²) in [4.78, 5) is 4.43. The van der Waals surface area contributed by atoms with E-state index in [0.717, 1.165) is 25.5 Å². The molecule has 0 aromatic heterocycles. The van der Waals surface area contributed by atoms with E-state index in [1.165, 1.54) is 12.8 Å². The van der Waals surface area contributed by atoms with Gasteiger partial charge < -0.3 is 10.1 Å². The number of ether oxygens (including phenoxy) is 1. The number of aliphatic imine (C=N–C) groups is 1. The van der Waals surface area contributed by atoms with Crippen molar-refractivity contribution in [1.29, 1.82) is 0 Å². The van der Waals surface area contributed by atoms with Crippen molar-refractivity contribution >= 4 is 5.96 Å². The van der Waals surface area contributed by atoms with Crippen molar-refractivity contribution < 1.29 is 4.74 Å². The fourth-order valence-corrected chi connectivity index (χ4v) is 2.24. The molecule has 1 heterocycles. The molecule has 2 rings (SSSR count). The fourth-order valence-electron chi connectivity index (χ4n) is 2.24. The minimum Gasteiger partial charge on any atom is -0.376 e. The number of hydrogen-bond donors (Lipinski definition) is 3. The molecule has 2 unspecified atom stereocenters. The molecule has 2 fully saturated rings. The predicted octanol–water partition coefficient (Wildman–Crippen LogP) is 0.619. The first kappa shape index (κ1) is 12.6. The Bertz CT molecular complexity index is 276. The van der Waals surface area contributed by atoms with Gasteiger partial charge in [0, 0.05) is 13.2 Å². The molecular formula is C12H24N4O. The third kappa shape index (κ3) is 3.57. The molecule has 0 spiro atoms. The summed E-state index contributed by atoms with van der Waals surface area (Å²) in [6, 6.07) is 0.365. The van der Waals surface area contributed by atoms with E-state index in [1.54, 1.807) is 0 Å². The topological polar surface area (TPSA) is 71.7 Å². The number of guanidine groups is 1. The molecule has 1 aliphatic carbocycles. The van der Waals surface area contributed by atoms with Gasteiger partial charge in [0.25, 0.3) is 0 Å². The lowest BCUT2D eigenvalue weighted by Gasteiger charge is -2.21. The van der Waals surface area contributed by atoms with E-state index >= 15 is 0 Å². The van der Waals surface area contributed by atoms with E-state index in [9.17, 15) is 0 Å². The van der Waals surface area contributed by atoms with Gasteiger partial charge in [-0.15, -0.1) is 0 Å². The summed E-state index contributed by atoms with van der Waals surface area (Å²) < 4.78 is 5.77. The van der Waals surface area contributed by atoms with Gasteiger partial charge in [-0.2, -0.15) is 0 Å². The monoisotopic (exact) mass is 240 g/mol. The molecule has 2 atom stereocenters. The van der Waals surface area contributed by atoms with Gasteiger partial charge in [-0.3, -0.25) is 10.4 Å². The van der Waals surface area contributed by atoms with E-state index < -0.39 is 0 Å². The second kappa shape index (κ2) is 5.69. The third-order valence-electron chi connectivity index (χ3n) is 3.30. The maximum absolute atomic E-state index is 5.77. The van der Waals surface area contributed by atoms with Crippen molar-refractivity contribution in [2.45, 2.75) is 45.3 Å². The first-order chi connectivity index (χ1) is 8.20. The van der Waals surface area contributed by atoms with Crippen LogP contribution in [0.3, 0.4) is 0 Å². The lowest BCUT2D eigenvalue weighted by Crippen LogP contribution is -2.49. The van der Waals surface area contributed by atoms with E-state index in [4.69, 9.17) is 10.6 Å². The lowest BCUT2D eigenvalue weighted by molar-refractivity contribution is 0.0841. The second-order valence-corrected chi connectivity index (χ2v) is 5.44. The molecule has 0 aromatic carbocycles. The van der Waals surface area contributed by atoms with Crippen LogP contribution in [0.25, 0.3) is 0 Å². The number of nitrogens with two attached hydrogens (primary N) is 1. The van der Waals surface area contributed by atoms with Crippen LogP contribution in [0.2, 0.25) is 0 Å². The summed E-state index contributed by atoms with van der Waals surface area (Å²) in [6.45, 7) is 5.92. The van der Waals surface area contributed by atoms with E-state index in [-0.39, 0.29) is 0 Å². The smallest absolute Gasteiger partial charge is 0.206 e. The van der Waals surface area contributed by atoms with Crippen LogP contribution in [0.1, 0.15) is 33.1 Å². The number of rotatable bonds is 4. The molecule has 0 radical (unpaired) electrons. The predicted molar refractivity (Wildman–Crippen MR) is 68.5 cm³/mol. The standard InChI is InChI=1S/C12H24N4O/c1-8(2)7-14-12(16-13)15-10-5-6-17-11(10)9-3-4-9/h8-11H,3-7,13H2,1-2H3,(H2,14,15,16). The first-order valence-electron chi connectivity index (χ1n) is 6.60. The molecule has 0 bridgehead atoms. The normalized spacial score (nSPS) is 29.8. The first-order valence-corrected chi connectivity index (χ1v) is 6.60. The van der Waals surface area contributed by atoms with Gasteiger partial charge in [0.1, 0.15) is 0 Å². The van der Waals surface area contributed by atoms with E-state index in [0.29, 0.717) is 24.0 Å². The van der Waals surface area contributed by atoms with Gasteiger partial charge in [-0.25, -0.2) is 5.84 Å². The fraction of sp³-hybridized carbons (Fsp3) is 0.917. The van der Waals surface area contributed by atoms with Crippen LogP contribution in [0.5, 0.6) is 0 Å². The van der Waals surface area contributed by atoms with Gasteiger partial charge in [0.15, 0.2) is 0 Å². The Morgan fingerprint density at radius 1 is 1.41 bits per heavy atom. The quantitative estimate of drug-likeness (QED) is 0.291. The Balaban J connectivity index is 1.86. The molecule has 98 valence electrons. The van der Waals surface area contributed by atoms with Crippen molar-refractivity contribution in [2.75, 3.05) is 13.2 Å². The third-order valence-corrected chi connectivity index (χ3v) is 3.30. The maximum Gasteiger partial charge on any atom is 0.206 e. The number of hydrazine groups is 1. The molecule has 4 N–H and O–H groups in total. The molecule has 5 nitrogen and oxygen atoms in total. The van der Waals surface area contributed by atoms with Crippen LogP contribution >= 0.6 is 0 Å². The Kier molecular flexibility index (Phi) is 4.23. The average molecular weight is 240 g/mol. The zero-order valence-corrected chi connectivity index (χ0v) is 10.8. The molecule has 0 aromatic rings. The van der Waals surface area contributed by atoms with Crippen LogP contribution in [-0.2, 0) is 4.74 Å². The second-order valence-electron chi connectivity index (χ2n) is 5.44. The summed E-state index contributed by atoms with van der Waals surface area (Å²) in [6.07, 6.45) is 4.01. The summed E-state index contributed by atoms with van der Waals surface area (Å²) in [5, 5.41) is 3.38. The number of nitrogens with zero attached hydrogens (tertiary/aromatic N) is 1. The van der Waals surface area contributed by atoms with Crippen molar-refractivity contribution in [2.24, 2.45) is 22.7 Å². The summed E-state index contributed by atoms with van der Waals surface area (Å²) >= 11 is 0. The summed E-state index contributed by atoms with van der Waals surface area (Å²) in [5.41, 5.74) is 2.65. The Morgan fingerprint density at radius 3 is 2.76 bits per heavy atom. The van der Waals surface area contributed by atoms with Crippen LogP contribution in [0.15, 0.2) is 4.99 Å². The highest BCUT2D eigenvalue weighted by molar-refractivity contribution is 5.79. The minimum absolute atomic E-state index is 0.354. The zero-order valence-electron chi connectivity index (χ0n) is 10.8. The molecule has 1 saturated heterocycles. The van der Waals surface area contributed by atoms with Crippen LogP contribution in [-0.4, -0.2) is 31.3 Å². The van der Waals surface area contributed by atoms with Gasteiger partial charge in [0.2, 0.25) is 5.96 Å². The van der Waals surface area contributed by atoms with Crippen molar-refractivity contribution in [1.82, 2.24) is 10.7 Å². The average Bonchev–Trinajstić information content (AvgIpc) is 3.05. The molecule has 1 aliphatic heterocycles. The number of hydrogen-bond acceptors (Lipinski definition) is 3. The largest absolute Gasteiger partial charge is 0.376 e. The molecule has 1 saturated carbocycles. The van der Waals surface area contributed by atoms with Gasteiger partial charge in [0.05, 0.1) is 12.1 Å². The van der Waals surface area contributed by atoms with E-state index in [1.807, 2.05) is 0 Å². The zero-order chi connectivity index (χ0) is 12.3. The minimum atomic E-state index is 0.354. The maximum atomic E-state index is 5.77. The van der Waals surface area contributed by atoms with Gasteiger partial charge in [-0.1, -0.05) is 13.8 Å². The summed E-state index contributed by atoms with van der Waals surface area (Å²) in [7, 11) is 0. The van der Waals surface area contributed by atoms with Crippen LogP contribution in [0, 0.1) is 11.8 Å². The Morgan fingerprint density at radius 2 is 2.18 bits per heavy atom.